The second-order valence-electron chi connectivity index (χ2n) is 7.55. The molecule has 0 unspecified atom stereocenters. The van der Waals surface area contributed by atoms with E-state index in [-0.39, 0.29) is 11.2 Å². The SMILES string of the molecule is C#Cc1cc2c(cc1O)CC[C@@H]1[C@@H]2CC[C@]2(C)C(=O)CC[C@@H]12. The number of carbonyl (C=O) groups is 1. The summed E-state index contributed by atoms with van der Waals surface area (Å²) >= 11 is 0. The average Bonchev–Trinajstić information content (AvgIpc) is 2.82. The van der Waals surface area contributed by atoms with Gasteiger partial charge in [-0.3, -0.25) is 4.79 Å². The molecule has 0 heterocycles. The molecular formula is C20H22O2. The molecule has 0 aliphatic heterocycles. The fraction of sp³-hybridized carbons (Fsp3) is 0.550. The van der Waals surface area contributed by atoms with Gasteiger partial charge < -0.3 is 5.11 Å². The lowest BCUT2D eigenvalue weighted by Gasteiger charge is -2.48. The number of benzene rings is 1. The molecular weight excluding hydrogens is 272 g/mol. The van der Waals surface area contributed by atoms with E-state index in [9.17, 15) is 9.90 Å². The van der Waals surface area contributed by atoms with E-state index < -0.39 is 0 Å². The Morgan fingerprint density at radius 2 is 2.09 bits per heavy atom. The van der Waals surface area contributed by atoms with Crippen molar-refractivity contribution in [2.24, 2.45) is 17.3 Å². The van der Waals surface area contributed by atoms with Crippen LogP contribution in [0.1, 0.15) is 61.6 Å². The van der Waals surface area contributed by atoms with Crippen molar-refractivity contribution in [3.05, 3.63) is 28.8 Å². The number of terminal acetylenes is 1. The lowest BCUT2D eigenvalue weighted by molar-refractivity contribution is -0.129. The van der Waals surface area contributed by atoms with E-state index in [1.54, 1.807) is 0 Å². The summed E-state index contributed by atoms with van der Waals surface area (Å²) < 4.78 is 0. The van der Waals surface area contributed by atoms with Gasteiger partial charge in [-0.05, 0) is 73.1 Å². The third-order valence-electron chi connectivity index (χ3n) is 6.71. The van der Waals surface area contributed by atoms with Gasteiger partial charge in [0.25, 0.3) is 0 Å². The number of ketones is 1. The van der Waals surface area contributed by atoms with Crippen molar-refractivity contribution in [1.29, 1.82) is 0 Å². The molecule has 0 amide bonds. The van der Waals surface area contributed by atoms with Crippen LogP contribution < -0.4 is 0 Å². The maximum absolute atomic E-state index is 12.3. The number of phenols is 1. The van der Waals surface area contributed by atoms with E-state index in [0.29, 0.717) is 29.1 Å². The molecule has 1 aromatic carbocycles. The molecule has 0 radical (unpaired) electrons. The van der Waals surface area contributed by atoms with Crippen molar-refractivity contribution in [2.45, 2.75) is 51.4 Å². The number of phenolic OH excluding ortho intramolecular Hbond substituents is 1. The molecule has 3 aliphatic carbocycles. The minimum atomic E-state index is -0.0788. The maximum atomic E-state index is 12.3. The van der Waals surface area contributed by atoms with Crippen LogP contribution in [0.25, 0.3) is 0 Å². The highest BCUT2D eigenvalue weighted by atomic mass is 16.3. The highest BCUT2D eigenvalue weighted by Crippen LogP contribution is 2.59. The normalized spacial score (nSPS) is 36.2. The fourth-order valence-corrected chi connectivity index (χ4v) is 5.49. The van der Waals surface area contributed by atoms with Crippen LogP contribution in [0.2, 0.25) is 0 Å². The summed E-state index contributed by atoms with van der Waals surface area (Å²) in [5.74, 6) is 4.97. The Labute approximate surface area is 131 Å². The van der Waals surface area contributed by atoms with E-state index in [2.05, 4.69) is 12.8 Å². The molecule has 2 fully saturated rings. The fourth-order valence-electron chi connectivity index (χ4n) is 5.49. The molecule has 22 heavy (non-hydrogen) atoms. The maximum Gasteiger partial charge on any atom is 0.139 e. The monoisotopic (exact) mass is 294 g/mol. The van der Waals surface area contributed by atoms with Gasteiger partial charge in [0, 0.05) is 11.8 Å². The summed E-state index contributed by atoms with van der Waals surface area (Å²) in [6, 6.07) is 3.90. The van der Waals surface area contributed by atoms with Gasteiger partial charge >= 0.3 is 0 Å². The number of hydrogen-bond acceptors (Lipinski definition) is 2. The molecule has 1 N–H and O–H groups in total. The number of aromatic hydroxyl groups is 1. The number of Topliss-reactive ketones (excluding diaryl/α,β-unsaturated/α-hetero) is 1. The number of aryl methyl sites for hydroxylation is 1. The molecule has 0 bridgehead atoms. The van der Waals surface area contributed by atoms with Crippen molar-refractivity contribution in [3.8, 4) is 18.1 Å². The Morgan fingerprint density at radius 1 is 1.27 bits per heavy atom. The van der Waals surface area contributed by atoms with Crippen molar-refractivity contribution in [1.82, 2.24) is 0 Å². The molecule has 114 valence electrons. The van der Waals surface area contributed by atoms with Crippen LogP contribution in [0.15, 0.2) is 12.1 Å². The molecule has 0 spiro atoms. The van der Waals surface area contributed by atoms with Gasteiger partial charge in [0.15, 0.2) is 0 Å². The van der Waals surface area contributed by atoms with Crippen molar-refractivity contribution in [2.75, 3.05) is 0 Å². The molecule has 3 aliphatic rings. The van der Waals surface area contributed by atoms with Crippen molar-refractivity contribution in [3.63, 3.8) is 0 Å². The van der Waals surface area contributed by atoms with Crippen LogP contribution in [-0.4, -0.2) is 10.9 Å². The van der Waals surface area contributed by atoms with E-state index in [0.717, 1.165) is 38.5 Å². The Hall–Kier alpha value is -1.75. The summed E-state index contributed by atoms with van der Waals surface area (Å²) in [5.41, 5.74) is 3.12. The Bertz CT molecular complexity index is 696. The molecule has 0 aromatic heterocycles. The van der Waals surface area contributed by atoms with Crippen LogP contribution in [-0.2, 0) is 11.2 Å². The first kappa shape index (κ1) is 13.9. The lowest BCUT2D eigenvalue weighted by Crippen LogP contribution is -2.42. The predicted octanol–water partition coefficient (Wildman–Crippen LogP) is 3.80. The average molecular weight is 294 g/mol. The zero-order valence-electron chi connectivity index (χ0n) is 13.1. The zero-order chi connectivity index (χ0) is 15.5. The molecule has 2 nitrogen and oxygen atoms in total. The summed E-state index contributed by atoms with van der Waals surface area (Å²) in [4.78, 5) is 12.3. The third-order valence-corrected chi connectivity index (χ3v) is 6.71. The molecule has 4 atom stereocenters. The molecule has 2 heteroatoms. The summed E-state index contributed by atoms with van der Waals surface area (Å²) in [5, 5.41) is 10.0. The number of carbonyl (C=O) groups excluding carboxylic acids is 1. The first-order valence-corrected chi connectivity index (χ1v) is 8.40. The first-order chi connectivity index (χ1) is 10.5. The molecule has 4 rings (SSSR count). The summed E-state index contributed by atoms with van der Waals surface area (Å²) in [6.07, 6.45) is 11.6. The smallest absolute Gasteiger partial charge is 0.139 e. The molecule has 0 saturated heterocycles. The highest BCUT2D eigenvalue weighted by Gasteiger charge is 2.54. The third kappa shape index (κ3) is 1.72. The Kier molecular flexibility index (Phi) is 2.92. The Balaban J connectivity index is 1.76. The molecule has 2 saturated carbocycles. The largest absolute Gasteiger partial charge is 0.507 e. The van der Waals surface area contributed by atoms with Crippen LogP contribution in [0.3, 0.4) is 0 Å². The van der Waals surface area contributed by atoms with Gasteiger partial charge in [-0.25, -0.2) is 0 Å². The lowest BCUT2D eigenvalue weighted by atomic mass is 9.55. The van der Waals surface area contributed by atoms with Crippen LogP contribution in [0.5, 0.6) is 5.75 Å². The van der Waals surface area contributed by atoms with E-state index in [1.807, 2.05) is 12.1 Å². The van der Waals surface area contributed by atoms with Crippen molar-refractivity contribution >= 4 is 5.78 Å². The summed E-state index contributed by atoms with van der Waals surface area (Å²) in [7, 11) is 0. The van der Waals surface area contributed by atoms with E-state index >= 15 is 0 Å². The molecule has 1 aromatic rings. The van der Waals surface area contributed by atoms with Gasteiger partial charge in [0.1, 0.15) is 11.5 Å². The second kappa shape index (κ2) is 4.62. The number of rotatable bonds is 0. The Morgan fingerprint density at radius 3 is 2.86 bits per heavy atom. The second-order valence-corrected chi connectivity index (χ2v) is 7.55. The summed E-state index contributed by atoms with van der Waals surface area (Å²) in [6.45, 7) is 2.20. The van der Waals surface area contributed by atoms with Gasteiger partial charge in [0.2, 0.25) is 0 Å². The van der Waals surface area contributed by atoms with Gasteiger partial charge in [-0.15, -0.1) is 6.42 Å². The predicted molar refractivity (Wildman–Crippen MR) is 85.7 cm³/mol. The van der Waals surface area contributed by atoms with Crippen LogP contribution >= 0.6 is 0 Å². The highest BCUT2D eigenvalue weighted by molar-refractivity contribution is 5.87. The van der Waals surface area contributed by atoms with E-state index in [4.69, 9.17) is 6.42 Å². The van der Waals surface area contributed by atoms with Crippen LogP contribution in [0.4, 0.5) is 0 Å². The van der Waals surface area contributed by atoms with Crippen LogP contribution in [0, 0.1) is 29.6 Å². The number of hydrogen-bond donors (Lipinski definition) is 1. The topological polar surface area (TPSA) is 37.3 Å². The minimum absolute atomic E-state index is 0.0788. The minimum Gasteiger partial charge on any atom is -0.507 e. The number of fused-ring (bicyclic) bond motifs is 5. The van der Waals surface area contributed by atoms with Gasteiger partial charge in [-0.1, -0.05) is 12.8 Å². The first-order valence-electron chi connectivity index (χ1n) is 8.40. The van der Waals surface area contributed by atoms with Gasteiger partial charge in [0.05, 0.1) is 5.56 Å². The van der Waals surface area contributed by atoms with E-state index in [1.165, 1.54) is 11.1 Å². The zero-order valence-corrected chi connectivity index (χ0v) is 13.1. The standard InChI is InChI=1S/C20H22O2/c1-3-12-10-16-13(11-18(12)21)4-5-15-14(16)8-9-20(2)17(15)6-7-19(20)22/h1,10-11,14-15,17,21H,4-9H2,2H3/t14-,15+,17-,20-/m0/s1. The van der Waals surface area contributed by atoms with Gasteiger partial charge in [-0.2, -0.15) is 0 Å². The van der Waals surface area contributed by atoms with Crippen molar-refractivity contribution < 1.29 is 9.90 Å². The quantitative estimate of drug-likeness (QED) is 0.739.